The molecule has 5 aliphatic rings. The van der Waals surface area contributed by atoms with Crippen LogP contribution in [-0.4, -0.2) is 63.8 Å². The van der Waals surface area contributed by atoms with E-state index in [4.69, 9.17) is 9.47 Å². The highest BCUT2D eigenvalue weighted by Crippen LogP contribution is 2.67. The molecule has 0 spiro atoms. The van der Waals surface area contributed by atoms with Crippen LogP contribution in [0.15, 0.2) is 23.8 Å². The van der Waals surface area contributed by atoms with Crippen LogP contribution in [0.4, 0.5) is 0 Å². The molecule has 0 aromatic carbocycles. The van der Waals surface area contributed by atoms with E-state index in [-0.39, 0.29) is 11.5 Å². The predicted octanol–water partition coefficient (Wildman–Crippen LogP) is 5.63. The third-order valence-corrected chi connectivity index (χ3v) is 12.9. The summed E-state index contributed by atoms with van der Waals surface area (Å²) in [6, 6.07) is 0. The van der Waals surface area contributed by atoms with E-state index >= 15 is 0 Å². The van der Waals surface area contributed by atoms with E-state index in [0.29, 0.717) is 29.1 Å². The molecule has 0 aromatic rings. The molecule has 5 rings (SSSR count). The second kappa shape index (κ2) is 12.3. The fourth-order valence-electron chi connectivity index (χ4n) is 10.3. The molecule has 41 heavy (non-hydrogen) atoms. The highest BCUT2D eigenvalue weighted by molar-refractivity contribution is 5.25. The number of rotatable bonds is 8. The molecule has 1 aliphatic heterocycles. The summed E-state index contributed by atoms with van der Waals surface area (Å²) in [6.45, 7) is 14.2. The van der Waals surface area contributed by atoms with Crippen molar-refractivity contribution in [1.82, 2.24) is 0 Å². The third-order valence-electron chi connectivity index (χ3n) is 12.9. The first-order valence-electron chi connectivity index (χ1n) is 16.8. The first-order valence-corrected chi connectivity index (χ1v) is 16.8. The van der Waals surface area contributed by atoms with Crippen molar-refractivity contribution in [3.63, 3.8) is 0 Å². The van der Waals surface area contributed by atoms with Crippen molar-refractivity contribution in [2.24, 2.45) is 52.3 Å². The summed E-state index contributed by atoms with van der Waals surface area (Å²) in [5.74, 6) is 5.05. The number of hydrogen-bond donors (Lipinski definition) is 4. The lowest BCUT2D eigenvalue weighted by molar-refractivity contribution is -0.313. The molecule has 1 saturated heterocycles. The first-order chi connectivity index (χ1) is 19.4. The molecule has 0 radical (unpaired) electrons. The predicted molar refractivity (Wildman–Crippen MR) is 161 cm³/mol. The van der Waals surface area contributed by atoms with Crippen molar-refractivity contribution in [2.75, 3.05) is 6.61 Å². The van der Waals surface area contributed by atoms with Crippen LogP contribution in [0.5, 0.6) is 0 Å². The summed E-state index contributed by atoms with van der Waals surface area (Å²) in [7, 11) is 0. The number of ether oxygens (including phenoxy) is 2. The van der Waals surface area contributed by atoms with Crippen LogP contribution in [0.3, 0.4) is 0 Å². The van der Waals surface area contributed by atoms with Gasteiger partial charge in [0.2, 0.25) is 0 Å². The third kappa shape index (κ3) is 5.64. The smallest absolute Gasteiger partial charge is 0.186 e. The van der Waals surface area contributed by atoms with Gasteiger partial charge in [-0.2, -0.15) is 0 Å². The van der Waals surface area contributed by atoms with E-state index in [2.05, 4.69) is 59.8 Å². The fraction of sp³-hybridized carbons (Fsp3) is 0.886. The number of aliphatic hydroxyl groups is 4. The van der Waals surface area contributed by atoms with Crippen LogP contribution in [0, 0.1) is 52.3 Å². The maximum Gasteiger partial charge on any atom is 0.186 e. The lowest BCUT2D eigenvalue weighted by Gasteiger charge is -2.58. The molecule has 4 N–H and O–H groups in total. The monoisotopic (exact) mass is 574 g/mol. The lowest BCUT2D eigenvalue weighted by Crippen LogP contribution is -2.60. The van der Waals surface area contributed by atoms with Crippen molar-refractivity contribution < 1.29 is 29.9 Å². The standard InChI is InChI=1S/C35H58O6/c1-7-22(20(2)3)9-8-21(4)26-12-13-27-25-11-10-23-18-24(14-16-34(23,5)28(25)15-17-35(26,27)6)40-33-32(39)31(38)30(37)29(19-36)41-33/h8-10,20-22,24-33,36-39H,7,11-19H2,1-6H3/b9-8+/t21-,22-,24+,25+,26-,27-,28+,29-,30-,31+,32-,33-,34+,35-/m1/s1. The van der Waals surface area contributed by atoms with E-state index in [1.165, 1.54) is 37.7 Å². The van der Waals surface area contributed by atoms with Crippen molar-refractivity contribution in [2.45, 2.75) is 136 Å². The minimum atomic E-state index is -1.40. The molecule has 0 amide bonds. The second-order valence-electron chi connectivity index (χ2n) is 15.2. The van der Waals surface area contributed by atoms with Gasteiger partial charge in [-0.3, -0.25) is 0 Å². The van der Waals surface area contributed by atoms with Gasteiger partial charge in [0.05, 0.1) is 12.7 Å². The highest BCUT2D eigenvalue weighted by Gasteiger charge is 2.59. The molecular formula is C35H58O6. The number of allylic oxidation sites excluding steroid dienone is 3. The van der Waals surface area contributed by atoms with Crippen LogP contribution in [0.25, 0.3) is 0 Å². The van der Waals surface area contributed by atoms with E-state index in [9.17, 15) is 20.4 Å². The molecule has 0 aromatic heterocycles. The van der Waals surface area contributed by atoms with Gasteiger partial charge in [-0.1, -0.05) is 65.3 Å². The molecule has 1 heterocycles. The Morgan fingerprint density at radius 1 is 0.976 bits per heavy atom. The molecule has 0 unspecified atom stereocenters. The minimum Gasteiger partial charge on any atom is -0.394 e. The van der Waals surface area contributed by atoms with Gasteiger partial charge >= 0.3 is 0 Å². The van der Waals surface area contributed by atoms with E-state index in [1.54, 1.807) is 0 Å². The van der Waals surface area contributed by atoms with Gasteiger partial charge in [-0.05, 0) is 110 Å². The Morgan fingerprint density at radius 3 is 2.41 bits per heavy atom. The average Bonchev–Trinajstić information content (AvgIpc) is 3.30. The first kappa shape index (κ1) is 31.7. The topological polar surface area (TPSA) is 99.4 Å². The molecule has 4 fully saturated rings. The second-order valence-corrected chi connectivity index (χ2v) is 15.2. The Morgan fingerprint density at radius 2 is 1.73 bits per heavy atom. The summed E-state index contributed by atoms with van der Waals surface area (Å²) in [4.78, 5) is 0. The molecular weight excluding hydrogens is 516 g/mol. The van der Waals surface area contributed by atoms with Gasteiger partial charge in [0.25, 0.3) is 0 Å². The molecule has 0 bridgehead atoms. The number of fused-ring (bicyclic) bond motifs is 5. The van der Waals surface area contributed by atoms with Crippen LogP contribution in [-0.2, 0) is 9.47 Å². The van der Waals surface area contributed by atoms with Crippen LogP contribution in [0.1, 0.15) is 99.3 Å². The summed E-state index contributed by atoms with van der Waals surface area (Å²) >= 11 is 0. The maximum absolute atomic E-state index is 10.5. The number of aliphatic hydroxyl groups excluding tert-OH is 4. The zero-order valence-corrected chi connectivity index (χ0v) is 26.4. The van der Waals surface area contributed by atoms with Crippen molar-refractivity contribution in [3.05, 3.63) is 23.8 Å². The minimum absolute atomic E-state index is 0.109. The Kier molecular flexibility index (Phi) is 9.51. The summed E-state index contributed by atoms with van der Waals surface area (Å²) < 4.78 is 11.9. The summed E-state index contributed by atoms with van der Waals surface area (Å²) in [6.07, 6.45) is 11.9. The Hall–Kier alpha value is -0.760. The number of hydrogen-bond acceptors (Lipinski definition) is 6. The van der Waals surface area contributed by atoms with Gasteiger partial charge in [-0.25, -0.2) is 0 Å². The van der Waals surface area contributed by atoms with Crippen molar-refractivity contribution in [3.8, 4) is 0 Å². The van der Waals surface area contributed by atoms with Crippen LogP contribution in [0.2, 0.25) is 0 Å². The van der Waals surface area contributed by atoms with Crippen LogP contribution >= 0.6 is 0 Å². The zero-order chi connectivity index (χ0) is 29.7. The van der Waals surface area contributed by atoms with E-state index < -0.39 is 37.3 Å². The zero-order valence-electron chi connectivity index (χ0n) is 26.4. The maximum atomic E-state index is 10.5. The van der Waals surface area contributed by atoms with Gasteiger partial charge in [0, 0.05) is 0 Å². The normalized spacial score (nSPS) is 47.9. The van der Waals surface area contributed by atoms with Crippen molar-refractivity contribution in [1.29, 1.82) is 0 Å². The van der Waals surface area contributed by atoms with Crippen LogP contribution < -0.4 is 0 Å². The Balaban J connectivity index is 1.26. The molecule has 6 heteroatoms. The molecule has 234 valence electrons. The molecule has 6 nitrogen and oxygen atoms in total. The molecule has 4 aliphatic carbocycles. The molecule has 3 saturated carbocycles. The van der Waals surface area contributed by atoms with E-state index in [1.807, 2.05) is 0 Å². The van der Waals surface area contributed by atoms with Gasteiger partial charge in [-0.15, -0.1) is 0 Å². The summed E-state index contributed by atoms with van der Waals surface area (Å²) in [5.41, 5.74) is 2.11. The molecule has 14 atom stereocenters. The summed E-state index contributed by atoms with van der Waals surface area (Å²) in [5, 5.41) is 40.4. The highest BCUT2D eigenvalue weighted by atomic mass is 16.7. The van der Waals surface area contributed by atoms with Gasteiger partial charge < -0.3 is 29.9 Å². The van der Waals surface area contributed by atoms with Gasteiger partial charge in [0.1, 0.15) is 24.4 Å². The van der Waals surface area contributed by atoms with Gasteiger partial charge in [0.15, 0.2) is 6.29 Å². The largest absolute Gasteiger partial charge is 0.394 e. The average molecular weight is 575 g/mol. The van der Waals surface area contributed by atoms with Crippen molar-refractivity contribution >= 4 is 0 Å². The quantitative estimate of drug-likeness (QED) is 0.281. The Bertz CT molecular complexity index is 960. The lowest BCUT2D eigenvalue weighted by atomic mass is 9.47. The Labute approximate surface area is 248 Å². The SMILES string of the molecule is CC[C@H](/C=C/[C@@H](C)[C@H]1CC[C@@H]2[C@@H]3CC=C4C[C@@H](O[C@@H]5O[C@H](CO)[C@@H](O)[C@H](O)[C@H]5O)CC[C@]4(C)[C@H]3CC[C@@]21C)C(C)C. The fourth-order valence-corrected chi connectivity index (χ4v) is 10.3. The van der Waals surface area contributed by atoms with E-state index in [0.717, 1.165) is 43.4 Å².